The van der Waals surface area contributed by atoms with E-state index in [4.69, 9.17) is 16.3 Å². The lowest BCUT2D eigenvalue weighted by atomic mass is 9.88. The van der Waals surface area contributed by atoms with Crippen LogP contribution in [0.4, 0.5) is 10.5 Å². The summed E-state index contributed by atoms with van der Waals surface area (Å²) >= 11 is 6.50. The van der Waals surface area contributed by atoms with Crippen molar-refractivity contribution in [3.63, 3.8) is 0 Å². The van der Waals surface area contributed by atoms with Crippen molar-refractivity contribution in [2.75, 3.05) is 5.32 Å². The Balaban J connectivity index is 2.75. The normalized spacial score (nSPS) is 13.4. The third kappa shape index (κ3) is 8.96. The molecular formula is C33H48ClN3O4. The minimum absolute atomic E-state index is 0.0873. The van der Waals surface area contributed by atoms with E-state index in [0.717, 1.165) is 16.7 Å². The number of rotatable bonds is 10. The Morgan fingerprint density at radius 2 is 1.54 bits per heavy atom. The van der Waals surface area contributed by atoms with E-state index in [1.54, 1.807) is 31.7 Å². The van der Waals surface area contributed by atoms with Crippen molar-refractivity contribution >= 4 is 35.2 Å². The molecule has 0 aliphatic rings. The molecular weight excluding hydrogens is 538 g/mol. The summed E-state index contributed by atoms with van der Waals surface area (Å²) in [7, 11) is 0. The number of aryl methyl sites for hydroxylation is 2. The van der Waals surface area contributed by atoms with Gasteiger partial charge in [0.05, 0.1) is 10.7 Å². The predicted octanol–water partition coefficient (Wildman–Crippen LogP) is 7.90. The second-order valence-electron chi connectivity index (χ2n) is 12.8. The topological polar surface area (TPSA) is 87.7 Å². The van der Waals surface area contributed by atoms with Crippen molar-refractivity contribution in [2.24, 2.45) is 5.92 Å². The van der Waals surface area contributed by atoms with Crippen LogP contribution in [0.2, 0.25) is 5.02 Å². The van der Waals surface area contributed by atoms with E-state index in [2.05, 4.69) is 10.6 Å². The Morgan fingerprint density at radius 1 is 0.951 bits per heavy atom. The number of benzene rings is 2. The van der Waals surface area contributed by atoms with Crippen LogP contribution in [-0.2, 0) is 14.3 Å². The number of carbonyl (C=O) groups excluding carboxylic acids is 3. The van der Waals surface area contributed by atoms with Gasteiger partial charge in [-0.05, 0) is 102 Å². The van der Waals surface area contributed by atoms with Gasteiger partial charge in [0.1, 0.15) is 17.7 Å². The van der Waals surface area contributed by atoms with Crippen LogP contribution in [0.25, 0.3) is 0 Å². The lowest BCUT2D eigenvalue weighted by Crippen LogP contribution is -2.59. The SMILES string of the molecule is CCC(C)(C)N(C(=O)C(CC(C)C)NC(=O)OC(C)(C)C)C(C(=O)Nc1c(C)cccc1Cl)c1cccc(C)c1C. The molecule has 0 fully saturated rings. The largest absolute Gasteiger partial charge is 0.444 e. The van der Waals surface area contributed by atoms with Crippen molar-refractivity contribution in [1.82, 2.24) is 10.2 Å². The van der Waals surface area contributed by atoms with E-state index in [1.807, 2.05) is 85.7 Å². The van der Waals surface area contributed by atoms with Gasteiger partial charge in [0, 0.05) is 5.54 Å². The van der Waals surface area contributed by atoms with E-state index in [1.165, 1.54) is 0 Å². The van der Waals surface area contributed by atoms with Crippen LogP contribution >= 0.6 is 11.6 Å². The second kappa shape index (κ2) is 13.7. The van der Waals surface area contributed by atoms with E-state index in [9.17, 15) is 14.4 Å². The van der Waals surface area contributed by atoms with Gasteiger partial charge in [-0.25, -0.2) is 4.79 Å². The molecule has 0 saturated carbocycles. The summed E-state index contributed by atoms with van der Waals surface area (Å²) in [6.07, 6.45) is 0.267. The summed E-state index contributed by atoms with van der Waals surface area (Å²) in [4.78, 5) is 43.5. The van der Waals surface area contributed by atoms with Crippen LogP contribution in [0.15, 0.2) is 36.4 Å². The highest BCUT2D eigenvalue weighted by Gasteiger charge is 2.44. The first-order valence-electron chi connectivity index (χ1n) is 14.3. The number of hydrogen-bond acceptors (Lipinski definition) is 4. The highest BCUT2D eigenvalue weighted by Crippen LogP contribution is 2.36. The van der Waals surface area contributed by atoms with E-state index >= 15 is 0 Å². The molecule has 0 radical (unpaired) electrons. The fourth-order valence-corrected chi connectivity index (χ4v) is 4.97. The molecule has 2 aromatic rings. The molecule has 41 heavy (non-hydrogen) atoms. The summed E-state index contributed by atoms with van der Waals surface area (Å²) < 4.78 is 5.51. The Kier molecular flexibility index (Phi) is 11.4. The van der Waals surface area contributed by atoms with Crippen LogP contribution in [0, 0.1) is 26.7 Å². The third-order valence-electron chi connectivity index (χ3n) is 7.37. The van der Waals surface area contributed by atoms with E-state index in [-0.39, 0.29) is 17.7 Å². The molecule has 0 aliphatic heterocycles. The number of halogens is 1. The van der Waals surface area contributed by atoms with Gasteiger partial charge in [0.2, 0.25) is 5.91 Å². The van der Waals surface area contributed by atoms with Crippen LogP contribution in [0.1, 0.15) is 96.5 Å². The van der Waals surface area contributed by atoms with Crippen molar-refractivity contribution in [3.8, 4) is 0 Å². The first kappa shape index (κ1) is 34.1. The minimum atomic E-state index is -0.997. The summed E-state index contributed by atoms with van der Waals surface area (Å²) in [6, 6.07) is 9.28. The third-order valence-corrected chi connectivity index (χ3v) is 7.68. The zero-order valence-corrected chi connectivity index (χ0v) is 27.3. The molecule has 7 nitrogen and oxygen atoms in total. The molecule has 0 bridgehead atoms. The zero-order chi connectivity index (χ0) is 31.3. The molecule has 2 aromatic carbocycles. The molecule has 2 unspecified atom stereocenters. The van der Waals surface area contributed by atoms with Gasteiger partial charge in [0.25, 0.3) is 5.91 Å². The highest BCUT2D eigenvalue weighted by molar-refractivity contribution is 6.34. The number of anilines is 1. The molecule has 2 atom stereocenters. The molecule has 2 rings (SSSR count). The van der Waals surface area contributed by atoms with E-state index in [0.29, 0.717) is 29.1 Å². The average molecular weight is 586 g/mol. The number of carbonyl (C=O) groups is 3. The average Bonchev–Trinajstić information content (AvgIpc) is 2.84. The number of para-hydroxylation sites is 1. The number of nitrogens with zero attached hydrogens (tertiary/aromatic N) is 1. The standard InChI is InChI=1S/C33H48ClN3O4/c1-12-33(10,11)37(30(39)26(19-20(2)3)35-31(40)41-32(7,8)9)28(24-17-13-15-21(4)23(24)6)29(38)36-27-22(5)16-14-18-25(27)34/h13-18,20,26,28H,12,19H2,1-11H3,(H,35,40)(H,36,38). The van der Waals surface area contributed by atoms with Gasteiger partial charge < -0.3 is 20.3 Å². The molecule has 226 valence electrons. The quantitative estimate of drug-likeness (QED) is 0.296. The Bertz CT molecular complexity index is 1230. The van der Waals surface area contributed by atoms with Gasteiger partial charge in [-0.2, -0.15) is 0 Å². The Labute approximate surface area is 251 Å². The van der Waals surface area contributed by atoms with Gasteiger partial charge in [-0.1, -0.05) is 62.7 Å². The number of alkyl carbamates (subject to hydrolysis) is 1. The molecule has 3 amide bonds. The van der Waals surface area contributed by atoms with Gasteiger partial charge in [0.15, 0.2) is 0 Å². The highest BCUT2D eigenvalue weighted by atomic mass is 35.5. The summed E-state index contributed by atoms with van der Waals surface area (Å²) in [5, 5.41) is 6.26. The van der Waals surface area contributed by atoms with Crippen molar-refractivity contribution < 1.29 is 19.1 Å². The smallest absolute Gasteiger partial charge is 0.408 e. The summed E-state index contributed by atoms with van der Waals surface area (Å²) in [6.45, 7) is 21.0. The molecule has 0 spiro atoms. The fraction of sp³-hybridized carbons (Fsp3) is 0.545. The van der Waals surface area contributed by atoms with Gasteiger partial charge >= 0.3 is 6.09 Å². The zero-order valence-electron chi connectivity index (χ0n) is 26.6. The summed E-state index contributed by atoms with van der Waals surface area (Å²) in [5.41, 5.74) is 2.45. The Hall–Kier alpha value is -3.06. The van der Waals surface area contributed by atoms with Crippen molar-refractivity contribution in [3.05, 3.63) is 63.7 Å². The second-order valence-corrected chi connectivity index (χ2v) is 13.2. The van der Waals surface area contributed by atoms with Crippen LogP contribution in [0.5, 0.6) is 0 Å². The lowest BCUT2D eigenvalue weighted by Gasteiger charge is -2.45. The minimum Gasteiger partial charge on any atom is -0.444 e. The molecule has 0 saturated heterocycles. The van der Waals surface area contributed by atoms with E-state index < -0.39 is 29.3 Å². The first-order valence-corrected chi connectivity index (χ1v) is 14.7. The molecule has 2 N–H and O–H groups in total. The molecule has 8 heteroatoms. The van der Waals surface area contributed by atoms with Crippen molar-refractivity contribution in [1.29, 1.82) is 0 Å². The maximum Gasteiger partial charge on any atom is 0.408 e. The van der Waals surface area contributed by atoms with Gasteiger partial charge in [-0.15, -0.1) is 0 Å². The summed E-state index contributed by atoms with van der Waals surface area (Å²) in [5.74, 6) is -0.650. The molecule has 0 aromatic heterocycles. The first-order chi connectivity index (χ1) is 18.9. The number of amides is 3. The number of hydrogen-bond donors (Lipinski definition) is 2. The maximum atomic E-state index is 14.6. The van der Waals surface area contributed by atoms with Crippen LogP contribution in [0.3, 0.4) is 0 Å². The molecule has 0 aliphatic carbocycles. The predicted molar refractivity (Wildman–Crippen MR) is 167 cm³/mol. The lowest BCUT2D eigenvalue weighted by molar-refractivity contribution is -0.148. The van der Waals surface area contributed by atoms with Crippen LogP contribution < -0.4 is 10.6 Å². The number of ether oxygens (including phenoxy) is 1. The fourth-order valence-electron chi connectivity index (χ4n) is 4.71. The van der Waals surface area contributed by atoms with Gasteiger partial charge in [-0.3, -0.25) is 9.59 Å². The van der Waals surface area contributed by atoms with Crippen LogP contribution in [-0.4, -0.2) is 40.0 Å². The monoisotopic (exact) mass is 585 g/mol. The van der Waals surface area contributed by atoms with Crippen molar-refractivity contribution in [2.45, 2.75) is 112 Å². The number of nitrogens with one attached hydrogen (secondary N) is 2. The maximum absolute atomic E-state index is 14.6. The Morgan fingerprint density at radius 3 is 2.07 bits per heavy atom. The molecule has 0 heterocycles.